The van der Waals surface area contributed by atoms with Gasteiger partial charge in [0.15, 0.2) is 0 Å². The van der Waals surface area contributed by atoms with Gasteiger partial charge in [0.2, 0.25) is 11.6 Å². The Hall–Kier alpha value is -0.740. The average molecular weight is 242 g/mol. The summed E-state index contributed by atoms with van der Waals surface area (Å²) in [4.78, 5) is 27.2. The van der Waals surface area contributed by atoms with E-state index in [1.165, 1.54) is 0 Å². The number of Topliss-reactive ketones (excluding diaryl/α,β-unsaturated/α-hetero) is 2. The van der Waals surface area contributed by atoms with Crippen molar-refractivity contribution in [3.63, 3.8) is 0 Å². The maximum absolute atomic E-state index is 11.6. The van der Waals surface area contributed by atoms with Crippen LogP contribution in [0.2, 0.25) is 0 Å². The Morgan fingerprint density at radius 3 is 1.88 bits per heavy atom. The largest absolute Gasteiger partial charge is 0.306 e. The molecule has 0 N–H and O–H groups in total. The zero-order chi connectivity index (χ0) is 13.3. The highest BCUT2D eigenvalue weighted by molar-refractivity contribution is 6.38. The van der Waals surface area contributed by atoms with E-state index < -0.39 is 0 Å². The maximum Gasteiger partial charge on any atom is 0.212 e. The van der Waals surface area contributed by atoms with Crippen molar-refractivity contribution in [3.8, 4) is 0 Å². The van der Waals surface area contributed by atoms with Gasteiger partial charge in [0.05, 0.1) is 6.54 Å². The first-order valence-electron chi connectivity index (χ1n) is 6.44. The summed E-state index contributed by atoms with van der Waals surface area (Å²) in [6, 6.07) is 0. The van der Waals surface area contributed by atoms with E-state index in [0.29, 0.717) is 13.0 Å². The predicted octanol–water partition coefficient (Wildman–Crippen LogP) is 1.20. The molecule has 4 nitrogen and oxygen atoms in total. The van der Waals surface area contributed by atoms with Gasteiger partial charge in [0.1, 0.15) is 0 Å². The second-order valence-electron chi connectivity index (χ2n) is 4.64. The Morgan fingerprint density at radius 2 is 1.35 bits per heavy atom. The van der Waals surface area contributed by atoms with Crippen LogP contribution in [0.3, 0.4) is 0 Å². The highest BCUT2D eigenvalue weighted by Crippen LogP contribution is 1.94. The van der Waals surface area contributed by atoms with Crippen LogP contribution in [0.1, 0.15) is 33.1 Å². The minimum absolute atomic E-state index is 0.240. The number of carbonyl (C=O) groups is 2. The van der Waals surface area contributed by atoms with Gasteiger partial charge in [-0.05, 0) is 40.0 Å². The number of ketones is 2. The van der Waals surface area contributed by atoms with Crippen molar-refractivity contribution in [2.75, 3.05) is 40.3 Å². The molecule has 0 saturated heterocycles. The summed E-state index contributed by atoms with van der Waals surface area (Å²) in [6.07, 6.45) is 2.41. The van der Waals surface area contributed by atoms with Crippen molar-refractivity contribution in [2.24, 2.45) is 0 Å². The van der Waals surface area contributed by atoms with Crippen LogP contribution in [0.4, 0.5) is 0 Å². The lowest BCUT2D eigenvalue weighted by Crippen LogP contribution is -2.33. The molecule has 0 aromatic heterocycles. The standard InChI is InChI=1S/C13H26N2O2/c1-5-8-14(3)10-7-12(16)13(17)11-15(4)9-6-2/h5-11H2,1-4H3. The minimum atomic E-state index is -0.258. The van der Waals surface area contributed by atoms with Crippen molar-refractivity contribution in [2.45, 2.75) is 33.1 Å². The van der Waals surface area contributed by atoms with Gasteiger partial charge in [-0.2, -0.15) is 0 Å². The van der Waals surface area contributed by atoms with Crippen molar-refractivity contribution < 1.29 is 9.59 Å². The zero-order valence-corrected chi connectivity index (χ0v) is 11.7. The molecule has 0 bridgehead atoms. The molecule has 0 heterocycles. The van der Waals surface area contributed by atoms with Gasteiger partial charge in [-0.1, -0.05) is 13.8 Å². The summed E-state index contributed by atoms with van der Waals surface area (Å²) in [6.45, 7) is 6.91. The lowest BCUT2D eigenvalue weighted by atomic mass is 10.2. The normalized spacial score (nSPS) is 11.2. The molecule has 100 valence electrons. The van der Waals surface area contributed by atoms with Gasteiger partial charge < -0.3 is 4.90 Å². The number of nitrogens with zero attached hydrogens (tertiary/aromatic N) is 2. The van der Waals surface area contributed by atoms with Crippen LogP contribution in [0, 0.1) is 0 Å². The van der Waals surface area contributed by atoms with E-state index in [2.05, 4.69) is 18.7 Å². The molecule has 0 aliphatic heterocycles. The SMILES string of the molecule is CCCN(C)CCC(=O)C(=O)CN(C)CCC. The molecule has 0 aliphatic rings. The van der Waals surface area contributed by atoms with Crippen molar-refractivity contribution in [1.29, 1.82) is 0 Å². The molecule has 0 unspecified atom stereocenters. The number of likely N-dealkylation sites (N-methyl/N-ethyl adjacent to an activating group) is 1. The lowest BCUT2D eigenvalue weighted by Gasteiger charge is -2.16. The molecular formula is C13H26N2O2. The van der Waals surface area contributed by atoms with Gasteiger partial charge in [-0.15, -0.1) is 0 Å². The zero-order valence-electron chi connectivity index (χ0n) is 11.7. The third kappa shape index (κ3) is 8.05. The summed E-state index contributed by atoms with van der Waals surface area (Å²) in [5.74, 6) is -0.498. The second-order valence-corrected chi connectivity index (χ2v) is 4.64. The Labute approximate surface area is 105 Å². The van der Waals surface area contributed by atoms with Crippen LogP contribution < -0.4 is 0 Å². The van der Waals surface area contributed by atoms with Crippen LogP contribution in [0.25, 0.3) is 0 Å². The molecule has 0 rings (SSSR count). The van der Waals surface area contributed by atoms with Gasteiger partial charge in [-0.25, -0.2) is 0 Å². The van der Waals surface area contributed by atoms with Crippen LogP contribution >= 0.6 is 0 Å². The molecule has 0 spiro atoms. The van der Waals surface area contributed by atoms with E-state index in [1.54, 1.807) is 0 Å². The summed E-state index contributed by atoms with van der Waals surface area (Å²) in [7, 11) is 3.85. The average Bonchev–Trinajstić information content (AvgIpc) is 2.26. The van der Waals surface area contributed by atoms with Gasteiger partial charge in [-0.3, -0.25) is 14.5 Å². The molecule has 0 saturated carbocycles. The first kappa shape index (κ1) is 16.3. The van der Waals surface area contributed by atoms with Crippen molar-refractivity contribution >= 4 is 11.6 Å². The second kappa shape index (κ2) is 9.31. The molecular weight excluding hydrogens is 216 g/mol. The monoisotopic (exact) mass is 242 g/mol. The van der Waals surface area contributed by atoms with Crippen LogP contribution in [-0.2, 0) is 9.59 Å². The third-order valence-corrected chi connectivity index (χ3v) is 2.66. The first-order valence-corrected chi connectivity index (χ1v) is 6.44. The first-order chi connectivity index (χ1) is 8.01. The van der Waals surface area contributed by atoms with E-state index in [4.69, 9.17) is 0 Å². The Kier molecular flexibility index (Phi) is 8.90. The van der Waals surface area contributed by atoms with E-state index >= 15 is 0 Å². The fourth-order valence-electron chi connectivity index (χ4n) is 1.72. The smallest absolute Gasteiger partial charge is 0.212 e. The number of carbonyl (C=O) groups excluding carboxylic acids is 2. The number of rotatable bonds is 10. The number of hydrogen-bond donors (Lipinski definition) is 0. The van der Waals surface area contributed by atoms with E-state index in [-0.39, 0.29) is 18.1 Å². The summed E-state index contributed by atoms with van der Waals surface area (Å²) < 4.78 is 0. The molecule has 0 fully saturated rings. The fourth-order valence-corrected chi connectivity index (χ4v) is 1.72. The Bertz CT molecular complexity index is 242. The summed E-state index contributed by atoms with van der Waals surface area (Å²) in [5, 5.41) is 0. The highest BCUT2D eigenvalue weighted by Gasteiger charge is 2.15. The van der Waals surface area contributed by atoms with E-state index in [9.17, 15) is 9.59 Å². The predicted molar refractivity (Wildman–Crippen MR) is 70.2 cm³/mol. The van der Waals surface area contributed by atoms with E-state index in [1.807, 2.05) is 19.0 Å². The topological polar surface area (TPSA) is 40.6 Å². The molecule has 0 aromatic carbocycles. The van der Waals surface area contributed by atoms with Gasteiger partial charge in [0, 0.05) is 13.0 Å². The molecule has 17 heavy (non-hydrogen) atoms. The van der Waals surface area contributed by atoms with Crippen molar-refractivity contribution in [1.82, 2.24) is 9.80 Å². The summed E-state index contributed by atoms with van der Waals surface area (Å²) >= 11 is 0. The molecule has 4 heteroatoms. The van der Waals surface area contributed by atoms with Crippen LogP contribution in [-0.4, -0.2) is 61.6 Å². The Morgan fingerprint density at radius 1 is 0.824 bits per heavy atom. The summed E-state index contributed by atoms with van der Waals surface area (Å²) in [5.41, 5.74) is 0. The quantitative estimate of drug-likeness (QED) is 0.540. The van der Waals surface area contributed by atoms with Crippen LogP contribution in [0.15, 0.2) is 0 Å². The lowest BCUT2D eigenvalue weighted by molar-refractivity contribution is -0.137. The fraction of sp³-hybridized carbons (Fsp3) is 0.846. The third-order valence-electron chi connectivity index (χ3n) is 2.66. The number of hydrogen-bond acceptors (Lipinski definition) is 4. The minimum Gasteiger partial charge on any atom is -0.306 e. The van der Waals surface area contributed by atoms with Crippen LogP contribution in [0.5, 0.6) is 0 Å². The molecule has 0 aromatic rings. The molecule has 0 amide bonds. The van der Waals surface area contributed by atoms with Crippen molar-refractivity contribution in [3.05, 3.63) is 0 Å². The molecule has 0 radical (unpaired) electrons. The Balaban J connectivity index is 3.85. The maximum atomic E-state index is 11.6. The highest BCUT2D eigenvalue weighted by atomic mass is 16.2. The molecule has 0 atom stereocenters. The van der Waals surface area contributed by atoms with Gasteiger partial charge in [0.25, 0.3) is 0 Å². The molecule has 0 aliphatic carbocycles. The van der Waals surface area contributed by atoms with E-state index in [0.717, 1.165) is 25.9 Å². The van der Waals surface area contributed by atoms with Gasteiger partial charge >= 0.3 is 0 Å².